The van der Waals surface area contributed by atoms with Gasteiger partial charge in [-0.05, 0) is 30.6 Å². The van der Waals surface area contributed by atoms with Crippen molar-refractivity contribution in [3.05, 3.63) is 38.4 Å². The Balaban J connectivity index is 2.11. The molecule has 0 unspecified atom stereocenters. The minimum atomic E-state index is -0.0900. The van der Waals surface area contributed by atoms with Gasteiger partial charge in [0, 0.05) is 16.0 Å². The van der Waals surface area contributed by atoms with Crippen LogP contribution < -0.4 is 5.56 Å². The second-order valence-electron chi connectivity index (χ2n) is 3.61. The zero-order chi connectivity index (χ0) is 11.8. The maximum absolute atomic E-state index is 12.1. The molecule has 7 heteroatoms. The van der Waals surface area contributed by atoms with Crippen LogP contribution in [0.15, 0.2) is 23.1 Å². The molecule has 0 atom stereocenters. The fourth-order valence-electron chi connectivity index (χ4n) is 1.58. The summed E-state index contributed by atoms with van der Waals surface area (Å²) >= 11 is 2.85. The van der Waals surface area contributed by atoms with Crippen molar-refractivity contribution in [2.24, 2.45) is 0 Å². The molecule has 3 rings (SSSR count). The highest BCUT2D eigenvalue weighted by atomic mass is 32.1. The Morgan fingerprint density at radius 1 is 1.47 bits per heavy atom. The van der Waals surface area contributed by atoms with Gasteiger partial charge in [-0.1, -0.05) is 5.21 Å². The van der Waals surface area contributed by atoms with Crippen LogP contribution in [0, 0.1) is 6.92 Å². The summed E-state index contributed by atoms with van der Waals surface area (Å²) in [4.78, 5) is 14.9. The highest BCUT2D eigenvalue weighted by Crippen LogP contribution is 2.18. The lowest BCUT2D eigenvalue weighted by Gasteiger charge is -1.99. The van der Waals surface area contributed by atoms with E-state index in [1.807, 2.05) is 19.1 Å². The van der Waals surface area contributed by atoms with Gasteiger partial charge in [-0.15, -0.1) is 16.4 Å². The van der Waals surface area contributed by atoms with Crippen LogP contribution in [0.5, 0.6) is 0 Å². The van der Waals surface area contributed by atoms with Crippen LogP contribution in [0.1, 0.15) is 9.75 Å². The van der Waals surface area contributed by atoms with Gasteiger partial charge in [0.25, 0.3) is 5.56 Å². The van der Waals surface area contributed by atoms with Crippen LogP contribution in [0.3, 0.4) is 0 Å². The predicted molar refractivity (Wildman–Crippen MR) is 67.6 cm³/mol. The minimum Gasteiger partial charge on any atom is -0.267 e. The van der Waals surface area contributed by atoms with E-state index in [2.05, 4.69) is 14.7 Å². The first-order chi connectivity index (χ1) is 8.24. The van der Waals surface area contributed by atoms with Gasteiger partial charge in [0.15, 0.2) is 4.83 Å². The summed E-state index contributed by atoms with van der Waals surface area (Å²) in [7, 11) is 0. The van der Waals surface area contributed by atoms with E-state index in [9.17, 15) is 4.79 Å². The SMILES string of the molecule is Cc1cc2c(=O)n(Cc3ccns3)nnc2s1. The molecule has 0 bridgehead atoms. The van der Waals surface area contributed by atoms with E-state index in [-0.39, 0.29) is 5.56 Å². The fraction of sp³-hybridized carbons (Fsp3) is 0.200. The number of hydrogen-bond acceptors (Lipinski definition) is 6. The minimum absolute atomic E-state index is 0.0900. The summed E-state index contributed by atoms with van der Waals surface area (Å²) in [5.74, 6) is 0. The first-order valence-corrected chi connectivity index (χ1v) is 6.56. The van der Waals surface area contributed by atoms with E-state index in [0.717, 1.165) is 9.75 Å². The average molecular weight is 264 g/mol. The molecule has 0 N–H and O–H groups in total. The second kappa shape index (κ2) is 4.01. The monoisotopic (exact) mass is 264 g/mol. The largest absolute Gasteiger partial charge is 0.278 e. The molecule has 0 saturated heterocycles. The standard InChI is InChI=1S/C10H8N4OS2/c1-6-4-8-9(16-6)12-13-14(10(8)15)5-7-2-3-11-17-7/h2-4H,5H2,1H3. The van der Waals surface area contributed by atoms with Crippen LogP contribution in [0.4, 0.5) is 0 Å². The van der Waals surface area contributed by atoms with E-state index in [0.29, 0.717) is 16.8 Å². The molecule has 0 saturated carbocycles. The number of aromatic nitrogens is 4. The lowest BCUT2D eigenvalue weighted by atomic mass is 10.4. The maximum atomic E-state index is 12.1. The quantitative estimate of drug-likeness (QED) is 0.706. The van der Waals surface area contributed by atoms with Gasteiger partial charge in [0.1, 0.15) is 0 Å². The third-order valence-electron chi connectivity index (χ3n) is 2.34. The topological polar surface area (TPSA) is 60.7 Å². The summed E-state index contributed by atoms with van der Waals surface area (Å²) in [5, 5.41) is 8.64. The molecule has 0 aliphatic heterocycles. The predicted octanol–water partition coefficient (Wildman–Crippen LogP) is 1.67. The van der Waals surface area contributed by atoms with Gasteiger partial charge in [0.05, 0.1) is 11.9 Å². The van der Waals surface area contributed by atoms with Crippen LogP contribution >= 0.6 is 22.9 Å². The smallest absolute Gasteiger partial charge is 0.267 e. The Kier molecular flexibility index (Phi) is 2.49. The molecule has 0 aromatic carbocycles. The summed E-state index contributed by atoms with van der Waals surface area (Å²) in [5.41, 5.74) is -0.0900. The molecule has 0 radical (unpaired) electrons. The van der Waals surface area contributed by atoms with Crippen molar-refractivity contribution in [3.63, 3.8) is 0 Å². The summed E-state index contributed by atoms with van der Waals surface area (Å²) in [6.45, 7) is 2.39. The lowest BCUT2D eigenvalue weighted by molar-refractivity contribution is 0.607. The van der Waals surface area contributed by atoms with Crippen LogP contribution in [0.25, 0.3) is 10.2 Å². The first-order valence-electron chi connectivity index (χ1n) is 4.97. The molecule has 0 amide bonds. The van der Waals surface area contributed by atoms with E-state index in [1.54, 1.807) is 6.20 Å². The van der Waals surface area contributed by atoms with Crippen molar-refractivity contribution in [3.8, 4) is 0 Å². The Bertz CT molecular complexity index is 714. The van der Waals surface area contributed by atoms with Crippen molar-refractivity contribution >= 4 is 33.1 Å². The Morgan fingerprint density at radius 2 is 2.35 bits per heavy atom. The molecular formula is C10H8N4OS2. The zero-order valence-electron chi connectivity index (χ0n) is 8.95. The van der Waals surface area contributed by atoms with E-state index >= 15 is 0 Å². The average Bonchev–Trinajstić information content (AvgIpc) is 2.91. The molecule has 17 heavy (non-hydrogen) atoms. The molecule has 0 aliphatic rings. The van der Waals surface area contributed by atoms with Crippen molar-refractivity contribution in [1.82, 2.24) is 19.4 Å². The number of aryl methyl sites for hydroxylation is 1. The number of hydrogen-bond donors (Lipinski definition) is 0. The number of rotatable bonds is 2. The van der Waals surface area contributed by atoms with Crippen molar-refractivity contribution in [2.75, 3.05) is 0 Å². The molecule has 3 aromatic heterocycles. The first kappa shape index (κ1) is 10.5. The van der Waals surface area contributed by atoms with Crippen molar-refractivity contribution in [1.29, 1.82) is 0 Å². The Hall–Kier alpha value is -1.60. The van der Waals surface area contributed by atoms with Crippen molar-refractivity contribution < 1.29 is 0 Å². The molecule has 86 valence electrons. The number of nitrogens with zero attached hydrogens (tertiary/aromatic N) is 4. The summed E-state index contributed by atoms with van der Waals surface area (Å²) in [6.07, 6.45) is 1.71. The van der Waals surface area contributed by atoms with Crippen molar-refractivity contribution in [2.45, 2.75) is 13.5 Å². The molecular weight excluding hydrogens is 256 g/mol. The summed E-state index contributed by atoms with van der Waals surface area (Å²) < 4.78 is 5.37. The van der Waals surface area contributed by atoms with E-state index in [1.165, 1.54) is 27.6 Å². The maximum Gasteiger partial charge on any atom is 0.278 e. The van der Waals surface area contributed by atoms with Gasteiger partial charge in [0.2, 0.25) is 0 Å². The second-order valence-corrected chi connectivity index (χ2v) is 5.76. The van der Waals surface area contributed by atoms with Crippen LogP contribution in [-0.4, -0.2) is 19.4 Å². The molecule has 0 fully saturated rings. The fourth-order valence-corrected chi connectivity index (χ4v) is 2.95. The van der Waals surface area contributed by atoms with E-state index in [4.69, 9.17) is 0 Å². The molecule has 3 aromatic rings. The van der Waals surface area contributed by atoms with Crippen LogP contribution in [-0.2, 0) is 6.54 Å². The van der Waals surface area contributed by atoms with Gasteiger partial charge >= 0.3 is 0 Å². The van der Waals surface area contributed by atoms with Gasteiger partial charge < -0.3 is 0 Å². The highest BCUT2D eigenvalue weighted by Gasteiger charge is 2.09. The van der Waals surface area contributed by atoms with Gasteiger partial charge in [-0.2, -0.15) is 0 Å². The molecule has 5 nitrogen and oxygen atoms in total. The Labute approximate surface area is 105 Å². The Morgan fingerprint density at radius 3 is 3.12 bits per heavy atom. The zero-order valence-corrected chi connectivity index (χ0v) is 10.6. The third kappa shape index (κ3) is 1.87. The van der Waals surface area contributed by atoms with Gasteiger partial charge in [-0.25, -0.2) is 9.06 Å². The number of thiophene rings is 1. The lowest BCUT2D eigenvalue weighted by Crippen LogP contribution is -2.23. The van der Waals surface area contributed by atoms with E-state index < -0.39 is 0 Å². The van der Waals surface area contributed by atoms with Gasteiger partial charge in [-0.3, -0.25) is 4.79 Å². The number of fused-ring (bicyclic) bond motifs is 1. The normalized spacial score (nSPS) is 11.1. The third-order valence-corrected chi connectivity index (χ3v) is 4.00. The molecule has 0 spiro atoms. The molecule has 3 heterocycles. The van der Waals surface area contributed by atoms with Crippen LogP contribution in [0.2, 0.25) is 0 Å². The highest BCUT2D eigenvalue weighted by molar-refractivity contribution is 7.18. The summed E-state index contributed by atoms with van der Waals surface area (Å²) in [6, 6.07) is 3.74. The molecule has 0 aliphatic carbocycles.